The molecule has 40 heavy (non-hydrogen) atoms. The van der Waals surface area contributed by atoms with Gasteiger partial charge in [-0.25, -0.2) is 9.97 Å². The van der Waals surface area contributed by atoms with E-state index in [1.807, 2.05) is 0 Å². The Balaban J connectivity index is 1.27. The van der Waals surface area contributed by atoms with E-state index in [-0.39, 0.29) is 0 Å². The van der Waals surface area contributed by atoms with Crippen LogP contribution < -0.4 is 15.5 Å². The molecule has 1 aromatic heterocycles. The average molecular weight is 535 g/mol. The van der Waals surface area contributed by atoms with Gasteiger partial charge in [-0.2, -0.15) is 0 Å². The Kier molecular flexibility index (Phi) is 5.72. The number of aromatic nitrogens is 2. The highest BCUT2D eigenvalue weighted by atomic mass is 15.4. The highest BCUT2D eigenvalue weighted by Crippen LogP contribution is 2.57. The summed E-state index contributed by atoms with van der Waals surface area (Å²) in [6.45, 7) is 3.35. The molecule has 9 rings (SSSR count). The smallest absolute Gasteiger partial charge is 0.156 e. The highest BCUT2D eigenvalue weighted by molar-refractivity contribution is 5.84. The zero-order chi connectivity index (χ0) is 26.2. The minimum atomic E-state index is 0.455. The van der Waals surface area contributed by atoms with Gasteiger partial charge in [-0.3, -0.25) is 4.90 Å². The van der Waals surface area contributed by atoms with Crippen molar-refractivity contribution < 1.29 is 0 Å². The zero-order valence-corrected chi connectivity index (χ0v) is 23.5. The maximum absolute atomic E-state index is 5.55. The van der Waals surface area contributed by atoms with Gasteiger partial charge in [0, 0.05) is 36.3 Å². The molecule has 9 atom stereocenters. The Hall–Kier alpha value is -2.54. The first-order valence-electron chi connectivity index (χ1n) is 16.2. The second-order valence-electron chi connectivity index (χ2n) is 13.5. The number of benzene rings is 2. The van der Waals surface area contributed by atoms with Crippen LogP contribution in [0.3, 0.4) is 0 Å². The molecular weight excluding hydrogens is 492 g/mol. The molecule has 4 aliphatic heterocycles. The van der Waals surface area contributed by atoms with Gasteiger partial charge in [-0.15, -0.1) is 0 Å². The Morgan fingerprint density at radius 3 is 2.45 bits per heavy atom. The van der Waals surface area contributed by atoms with Crippen LogP contribution in [0.1, 0.15) is 51.4 Å². The van der Waals surface area contributed by atoms with Crippen LogP contribution in [-0.2, 0) is 0 Å². The molecule has 6 fully saturated rings. The summed E-state index contributed by atoms with van der Waals surface area (Å²) in [4.78, 5) is 16.9. The lowest BCUT2D eigenvalue weighted by molar-refractivity contribution is 0.00945. The largest absolute Gasteiger partial charge is 0.347 e. The highest BCUT2D eigenvalue weighted by Gasteiger charge is 2.63. The molecule has 6 aliphatic rings. The number of anilines is 1. The van der Waals surface area contributed by atoms with E-state index in [2.05, 4.69) is 75.0 Å². The fraction of sp³-hybridized carbons (Fsp3) is 0.588. The van der Waals surface area contributed by atoms with Crippen LogP contribution in [0.15, 0.2) is 54.6 Å². The summed E-state index contributed by atoms with van der Waals surface area (Å²) in [6, 6.07) is 21.6. The SMILES string of the molecule is c1ccc(-c2nc3ccccc3nc2N2C3CCCC4CCC5C6CCCNC6N(C6CNCCC62)C5C43)cc1. The van der Waals surface area contributed by atoms with Crippen molar-refractivity contribution in [3.8, 4) is 11.3 Å². The van der Waals surface area contributed by atoms with Gasteiger partial charge in [-0.1, -0.05) is 48.9 Å². The van der Waals surface area contributed by atoms with Gasteiger partial charge in [-0.05, 0) is 93.8 Å². The van der Waals surface area contributed by atoms with E-state index in [4.69, 9.17) is 9.97 Å². The third-order valence-corrected chi connectivity index (χ3v) is 11.8. The minimum absolute atomic E-state index is 0.455. The normalized spacial score (nSPS) is 38.8. The number of piperidine rings is 2. The molecule has 0 radical (unpaired) electrons. The first-order chi connectivity index (χ1) is 19.9. The van der Waals surface area contributed by atoms with Crippen molar-refractivity contribution in [3.63, 3.8) is 0 Å². The van der Waals surface area contributed by atoms with Crippen molar-refractivity contribution in [2.24, 2.45) is 23.7 Å². The van der Waals surface area contributed by atoms with Gasteiger partial charge in [0.2, 0.25) is 0 Å². The summed E-state index contributed by atoms with van der Waals surface area (Å²) < 4.78 is 0. The summed E-state index contributed by atoms with van der Waals surface area (Å²) >= 11 is 0. The molecule has 2 N–H and O–H groups in total. The molecule has 0 amide bonds. The van der Waals surface area contributed by atoms with Crippen molar-refractivity contribution in [1.82, 2.24) is 25.5 Å². The number of nitrogens with one attached hydrogen (secondary N) is 2. The first-order valence-corrected chi connectivity index (χ1v) is 16.2. The third-order valence-electron chi connectivity index (χ3n) is 11.8. The number of hydrogen-bond acceptors (Lipinski definition) is 6. The average Bonchev–Trinajstić information content (AvgIpc) is 3.29. The zero-order valence-electron chi connectivity index (χ0n) is 23.5. The van der Waals surface area contributed by atoms with Gasteiger partial charge in [0.15, 0.2) is 5.82 Å². The quantitative estimate of drug-likeness (QED) is 0.480. The molecule has 6 heteroatoms. The molecule has 9 unspecified atom stereocenters. The number of nitrogens with zero attached hydrogens (tertiary/aromatic N) is 4. The van der Waals surface area contributed by atoms with Crippen molar-refractivity contribution in [2.75, 3.05) is 24.5 Å². The maximum atomic E-state index is 5.55. The van der Waals surface area contributed by atoms with Crippen molar-refractivity contribution in [3.05, 3.63) is 54.6 Å². The molecule has 3 aromatic rings. The standard InChI is InChI=1S/C34H42N6/c1-2-8-22(9-3-1)31-34(38-26-13-5-4-12-25(26)37-31)39-27-17-19-35-20-29(27)40-32-23(24-11-7-18-36-33(24)40)16-15-21-10-6-14-28(39)30(21)32/h1-5,8-9,12-13,21,23-24,27-30,32-33,35-36H,6-7,10-11,14-20H2. The number of rotatable bonds is 2. The molecule has 6 nitrogen and oxygen atoms in total. The van der Waals surface area contributed by atoms with E-state index >= 15 is 0 Å². The molecular formula is C34H42N6. The third kappa shape index (κ3) is 3.51. The number of hydrogen-bond donors (Lipinski definition) is 2. The van der Waals surface area contributed by atoms with E-state index in [1.54, 1.807) is 0 Å². The number of para-hydroxylation sites is 2. The Labute approximate surface area is 237 Å². The summed E-state index contributed by atoms with van der Waals surface area (Å²) in [5.74, 6) is 4.38. The van der Waals surface area contributed by atoms with E-state index < -0.39 is 0 Å². The molecule has 208 valence electrons. The van der Waals surface area contributed by atoms with Crippen LogP contribution in [0.2, 0.25) is 0 Å². The Bertz CT molecular complexity index is 1390. The molecule has 4 saturated heterocycles. The topological polar surface area (TPSA) is 56.3 Å². The lowest BCUT2D eigenvalue weighted by atomic mass is 9.61. The summed E-state index contributed by atoms with van der Waals surface area (Å²) in [5, 5.41) is 7.95. The minimum Gasteiger partial charge on any atom is -0.347 e. The molecule has 2 aliphatic carbocycles. The van der Waals surface area contributed by atoms with Crippen molar-refractivity contribution >= 4 is 16.9 Å². The van der Waals surface area contributed by atoms with E-state index in [0.29, 0.717) is 30.3 Å². The van der Waals surface area contributed by atoms with Gasteiger partial charge >= 0.3 is 0 Å². The summed E-state index contributed by atoms with van der Waals surface area (Å²) in [7, 11) is 0. The van der Waals surface area contributed by atoms with Crippen LogP contribution in [0, 0.1) is 23.7 Å². The fourth-order valence-electron chi connectivity index (χ4n) is 10.5. The second-order valence-corrected chi connectivity index (χ2v) is 13.5. The molecule has 0 bridgehead atoms. The van der Waals surface area contributed by atoms with Gasteiger partial charge < -0.3 is 15.5 Å². The van der Waals surface area contributed by atoms with Gasteiger partial charge in [0.25, 0.3) is 0 Å². The van der Waals surface area contributed by atoms with Crippen LogP contribution in [0.25, 0.3) is 22.3 Å². The van der Waals surface area contributed by atoms with Crippen LogP contribution in [-0.4, -0.2) is 64.8 Å². The van der Waals surface area contributed by atoms with Gasteiger partial charge in [0.05, 0.1) is 17.2 Å². The predicted molar refractivity (Wildman–Crippen MR) is 160 cm³/mol. The number of fused-ring (bicyclic) bond motifs is 6. The van der Waals surface area contributed by atoms with E-state index in [0.717, 1.165) is 59.3 Å². The Morgan fingerprint density at radius 2 is 1.55 bits per heavy atom. The molecule has 0 spiro atoms. The second kappa shape index (κ2) is 9.50. The summed E-state index contributed by atoms with van der Waals surface area (Å²) in [5.41, 5.74) is 4.28. The van der Waals surface area contributed by atoms with Crippen LogP contribution >= 0.6 is 0 Å². The monoisotopic (exact) mass is 534 g/mol. The lowest BCUT2D eigenvalue weighted by Gasteiger charge is -2.51. The predicted octanol–water partition coefficient (Wildman–Crippen LogP) is 5.05. The molecule has 2 aromatic carbocycles. The first kappa shape index (κ1) is 24.1. The molecule has 2 saturated carbocycles. The van der Waals surface area contributed by atoms with Crippen LogP contribution in [0.5, 0.6) is 0 Å². The van der Waals surface area contributed by atoms with E-state index in [9.17, 15) is 0 Å². The lowest BCUT2D eigenvalue weighted by Crippen LogP contribution is -2.64. The summed E-state index contributed by atoms with van der Waals surface area (Å²) in [6.07, 6.45) is 11.4. The fourth-order valence-corrected chi connectivity index (χ4v) is 10.5. The Morgan fingerprint density at radius 1 is 0.700 bits per heavy atom. The maximum Gasteiger partial charge on any atom is 0.156 e. The van der Waals surface area contributed by atoms with Crippen molar-refractivity contribution in [1.29, 1.82) is 0 Å². The molecule has 5 heterocycles. The van der Waals surface area contributed by atoms with Crippen LogP contribution in [0.4, 0.5) is 5.82 Å². The van der Waals surface area contributed by atoms with E-state index in [1.165, 1.54) is 63.5 Å². The van der Waals surface area contributed by atoms with Gasteiger partial charge in [0.1, 0.15) is 5.69 Å². The van der Waals surface area contributed by atoms with Crippen molar-refractivity contribution in [2.45, 2.75) is 81.7 Å².